The normalized spacial score (nSPS) is 10.9. The first-order valence-electron chi connectivity index (χ1n) is 13.7. The molecule has 0 saturated carbocycles. The molecule has 1 amide bonds. The van der Waals surface area contributed by atoms with Crippen LogP contribution in [-0.2, 0) is 4.74 Å². The topological polar surface area (TPSA) is 46.6 Å². The number of hydrogen-bond donors (Lipinski definition) is 0. The molecule has 0 heterocycles. The van der Waals surface area contributed by atoms with E-state index in [1.165, 1.54) is 64.2 Å². The average Bonchev–Trinajstić information content (AvgIpc) is 2.84. The maximum atomic E-state index is 13.5. The van der Waals surface area contributed by atoms with E-state index in [1.807, 2.05) is 17.9 Å². The summed E-state index contributed by atoms with van der Waals surface area (Å²) in [6.45, 7) is 8.35. The van der Waals surface area contributed by atoms with Crippen molar-refractivity contribution in [2.75, 3.05) is 19.7 Å². The van der Waals surface area contributed by atoms with Crippen LogP contribution in [-0.4, -0.2) is 36.5 Å². The number of ether oxygens (including phenoxy) is 1. The molecule has 0 bridgehead atoms. The molecule has 188 valence electrons. The van der Waals surface area contributed by atoms with E-state index in [4.69, 9.17) is 4.74 Å². The van der Waals surface area contributed by atoms with Gasteiger partial charge >= 0.3 is 5.97 Å². The number of unbranched alkanes of at least 4 members (excludes halogenated alkanes) is 12. The van der Waals surface area contributed by atoms with Crippen molar-refractivity contribution in [1.29, 1.82) is 0 Å². The molecule has 0 saturated heterocycles. The van der Waals surface area contributed by atoms with E-state index < -0.39 is 5.97 Å². The van der Waals surface area contributed by atoms with Gasteiger partial charge in [0.1, 0.15) is 0 Å². The highest BCUT2D eigenvalue weighted by Gasteiger charge is 2.22. The molecule has 0 N–H and O–H groups in total. The first-order chi connectivity index (χ1) is 16.2. The SMILES string of the molecule is CCCCCCCCCN(CCCCCCCCC)C(=O)c1ccccc1C(=O)OCCC. The molecule has 4 nitrogen and oxygen atoms in total. The summed E-state index contributed by atoms with van der Waals surface area (Å²) < 4.78 is 5.33. The first kappa shape index (κ1) is 29.2. The molecule has 0 radical (unpaired) electrons. The van der Waals surface area contributed by atoms with Crippen LogP contribution in [0.15, 0.2) is 24.3 Å². The van der Waals surface area contributed by atoms with Gasteiger partial charge in [-0.3, -0.25) is 4.79 Å². The van der Waals surface area contributed by atoms with Gasteiger partial charge in [0.05, 0.1) is 17.7 Å². The van der Waals surface area contributed by atoms with Gasteiger partial charge in [-0.25, -0.2) is 4.79 Å². The zero-order valence-corrected chi connectivity index (χ0v) is 21.7. The lowest BCUT2D eigenvalue weighted by Gasteiger charge is -2.24. The van der Waals surface area contributed by atoms with Crippen LogP contribution in [0.4, 0.5) is 0 Å². The number of rotatable bonds is 20. The van der Waals surface area contributed by atoms with Crippen molar-refractivity contribution in [1.82, 2.24) is 4.90 Å². The van der Waals surface area contributed by atoms with Gasteiger partial charge in [0.25, 0.3) is 5.91 Å². The van der Waals surface area contributed by atoms with Crippen molar-refractivity contribution in [3.05, 3.63) is 35.4 Å². The smallest absolute Gasteiger partial charge is 0.338 e. The summed E-state index contributed by atoms with van der Waals surface area (Å²) in [6.07, 6.45) is 17.9. The summed E-state index contributed by atoms with van der Waals surface area (Å²) in [5.41, 5.74) is 0.865. The van der Waals surface area contributed by atoms with Crippen LogP contribution in [0.25, 0.3) is 0 Å². The number of carbonyl (C=O) groups excluding carboxylic acids is 2. The van der Waals surface area contributed by atoms with Crippen LogP contribution in [0.3, 0.4) is 0 Å². The summed E-state index contributed by atoms with van der Waals surface area (Å²) in [5.74, 6) is -0.427. The lowest BCUT2D eigenvalue weighted by atomic mass is 10.0. The second kappa shape index (κ2) is 19.6. The van der Waals surface area contributed by atoms with E-state index in [0.717, 1.165) is 45.2 Å². The zero-order valence-electron chi connectivity index (χ0n) is 21.7. The van der Waals surface area contributed by atoms with E-state index in [9.17, 15) is 9.59 Å². The molecule has 1 rings (SSSR count). The summed E-state index contributed by atoms with van der Waals surface area (Å²) >= 11 is 0. The van der Waals surface area contributed by atoms with Gasteiger partial charge in [-0.2, -0.15) is 0 Å². The number of benzene rings is 1. The van der Waals surface area contributed by atoms with Crippen LogP contribution in [0.1, 0.15) is 138 Å². The Kier molecular flexibility index (Phi) is 17.4. The monoisotopic (exact) mass is 459 g/mol. The largest absolute Gasteiger partial charge is 0.462 e. The van der Waals surface area contributed by atoms with Crippen molar-refractivity contribution in [2.45, 2.75) is 117 Å². The Morgan fingerprint density at radius 2 is 1.09 bits per heavy atom. The fourth-order valence-electron chi connectivity index (χ4n) is 4.12. The van der Waals surface area contributed by atoms with Crippen molar-refractivity contribution in [3.8, 4) is 0 Å². The molecule has 0 aromatic heterocycles. The van der Waals surface area contributed by atoms with Crippen molar-refractivity contribution in [2.24, 2.45) is 0 Å². The molecule has 0 fully saturated rings. The predicted molar refractivity (Wildman–Crippen MR) is 139 cm³/mol. The van der Waals surface area contributed by atoms with Gasteiger partial charge in [-0.1, -0.05) is 110 Å². The predicted octanol–water partition coefficient (Wildman–Crippen LogP) is 8.20. The molecule has 1 aromatic carbocycles. The molecule has 0 atom stereocenters. The van der Waals surface area contributed by atoms with Crippen LogP contribution in [0.2, 0.25) is 0 Å². The quantitative estimate of drug-likeness (QED) is 0.146. The Balaban J connectivity index is 2.70. The Hall–Kier alpha value is -1.84. The lowest BCUT2D eigenvalue weighted by Crippen LogP contribution is -2.34. The van der Waals surface area contributed by atoms with Gasteiger partial charge in [0.2, 0.25) is 0 Å². The maximum absolute atomic E-state index is 13.5. The molecule has 0 aliphatic rings. The average molecular weight is 460 g/mol. The van der Waals surface area contributed by atoms with Crippen LogP contribution >= 0.6 is 0 Å². The van der Waals surface area contributed by atoms with Crippen LogP contribution < -0.4 is 0 Å². The minimum atomic E-state index is -0.396. The molecule has 0 aliphatic carbocycles. The van der Waals surface area contributed by atoms with E-state index >= 15 is 0 Å². The number of nitrogens with zero attached hydrogens (tertiary/aromatic N) is 1. The van der Waals surface area contributed by atoms with E-state index in [1.54, 1.807) is 18.2 Å². The minimum Gasteiger partial charge on any atom is -0.462 e. The zero-order chi connectivity index (χ0) is 24.2. The summed E-state index contributed by atoms with van der Waals surface area (Å²) in [4.78, 5) is 28.0. The molecule has 4 heteroatoms. The van der Waals surface area contributed by atoms with Crippen molar-refractivity contribution in [3.63, 3.8) is 0 Å². The third kappa shape index (κ3) is 12.8. The third-order valence-corrected chi connectivity index (χ3v) is 6.17. The minimum absolute atomic E-state index is 0.0315. The first-order valence-corrected chi connectivity index (χ1v) is 13.7. The van der Waals surface area contributed by atoms with E-state index in [-0.39, 0.29) is 5.91 Å². The van der Waals surface area contributed by atoms with Crippen molar-refractivity contribution < 1.29 is 14.3 Å². The van der Waals surface area contributed by atoms with Gasteiger partial charge in [0, 0.05) is 13.1 Å². The highest BCUT2D eigenvalue weighted by Crippen LogP contribution is 2.17. The molecular formula is C29H49NO3. The number of hydrogen-bond acceptors (Lipinski definition) is 3. The Labute approximate surface area is 203 Å². The highest BCUT2D eigenvalue weighted by molar-refractivity contribution is 6.05. The van der Waals surface area contributed by atoms with Crippen LogP contribution in [0, 0.1) is 0 Å². The summed E-state index contributed by atoms with van der Waals surface area (Å²) in [5, 5.41) is 0. The molecular weight excluding hydrogens is 410 g/mol. The Bertz CT molecular complexity index is 626. The Morgan fingerprint density at radius 1 is 0.636 bits per heavy atom. The van der Waals surface area contributed by atoms with Gasteiger partial charge in [-0.05, 0) is 31.4 Å². The van der Waals surface area contributed by atoms with Gasteiger partial charge in [-0.15, -0.1) is 0 Å². The highest BCUT2D eigenvalue weighted by atomic mass is 16.5. The number of amides is 1. The van der Waals surface area contributed by atoms with E-state index in [2.05, 4.69) is 13.8 Å². The van der Waals surface area contributed by atoms with Crippen molar-refractivity contribution >= 4 is 11.9 Å². The Morgan fingerprint density at radius 3 is 1.58 bits per heavy atom. The standard InChI is InChI=1S/C29H49NO3/c1-4-7-9-11-13-15-19-23-30(24-20-16-14-12-10-8-5-2)28(31)26-21-17-18-22-27(26)29(32)33-25-6-3/h17-18,21-22H,4-16,19-20,23-25H2,1-3H3. The molecule has 0 unspecified atom stereocenters. The molecule has 0 spiro atoms. The number of esters is 1. The fraction of sp³-hybridized carbons (Fsp3) is 0.724. The summed E-state index contributed by atoms with van der Waals surface area (Å²) in [7, 11) is 0. The lowest BCUT2D eigenvalue weighted by molar-refractivity contribution is 0.0497. The summed E-state index contributed by atoms with van der Waals surface area (Å²) in [6, 6.07) is 7.12. The second-order valence-electron chi connectivity index (χ2n) is 9.22. The maximum Gasteiger partial charge on any atom is 0.338 e. The molecule has 0 aliphatic heterocycles. The third-order valence-electron chi connectivity index (χ3n) is 6.17. The van der Waals surface area contributed by atoms with Crippen LogP contribution in [0.5, 0.6) is 0 Å². The van der Waals surface area contributed by atoms with Gasteiger partial charge in [0.15, 0.2) is 0 Å². The second-order valence-corrected chi connectivity index (χ2v) is 9.22. The fourth-order valence-corrected chi connectivity index (χ4v) is 4.12. The van der Waals surface area contributed by atoms with Gasteiger partial charge < -0.3 is 9.64 Å². The molecule has 1 aromatic rings. The van der Waals surface area contributed by atoms with E-state index in [0.29, 0.717) is 17.7 Å². The molecule has 33 heavy (non-hydrogen) atoms. The number of carbonyl (C=O) groups is 2.